The lowest BCUT2D eigenvalue weighted by Crippen LogP contribution is -2.11. The van der Waals surface area contributed by atoms with Gasteiger partial charge in [0.25, 0.3) is 0 Å². The first kappa shape index (κ1) is 13.2. The first-order valence-corrected chi connectivity index (χ1v) is 6.24. The van der Waals surface area contributed by atoms with E-state index in [4.69, 9.17) is 0 Å². The van der Waals surface area contributed by atoms with Crippen LogP contribution >= 0.6 is 0 Å². The Kier molecular flexibility index (Phi) is 5.01. The molecule has 0 aliphatic heterocycles. The van der Waals surface area contributed by atoms with Gasteiger partial charge in [0.05, 0.1) is 6.10 Å². The van der Waals surface area contributed by atoms with Crippen molar-refractivity contribution in [3.8, 4) is 0 Å². The quantitative estimate of drug-likeness (QED) is 0.803. The van der Waals surface area contributed by atoms with Crippen molar-refractivity contribution in [3.05, 3.63) is 34.9 Å². The van der Waals surface area contributed by atoms with Crippen molar-refractivity contribution in [1.29, 1.82) is 0 Å². The Morgan fingerprint density at radius 1 is 1.12 bits per heavy atom. The summed E-state index contributed by atoms with van der Waals surface area (Å²) in [5, 5.41) is 9.86. The highest BCUT2D eigenvalue weighted by molar-refractivity contribution is 5.33. The summed E-state index contributed by atoms with van der Waals surface area (Å²) in [6.07, 6.45) is 2.63. The molecule has 1 heteroatoms. The lowest BCUT2D eigenvalue weighted by molar-refractivity contribution is 0.139. The molecule has 90 valence electrons. The van der Waals surface area contributed by atoms with Gasteiger partial charge in [-0.3, -0.25) is 0 Å². The van der Waals surface area contributed by atoms with Crippen LogP contribution in [-0.2, 0) is 6.42 Å². The summed E-state index contributed by atoms with van der Waals surface area (Å²) >= 11 is 0. The van der Waals surface area contributed by atoms with E-state index < -0.39 is 0 Å². The Morgan fingerprint density at radius 3 is 2.19 bits per heavy atom. The standard InChI is InChI=1S/C15H24O/c1-11(2)10-14(16)8-9-15-12(3)6-5-7-13(15)4/h5-7,11,14,16H,8-10H2,1-4H3. The number of aliphatic hydroxyl groups excluding tert-OH is 1. The van der Waals surface area contributed by atoms with Crippen LogP contribution in [-0.4, -0.2) is 11.2 Å². The summed E-state index contributed by atoms with van der Waals surface area (Å²) in [4.78, 5) is 0. The van der Waals surface area contributed by atoms with Crippen molar-refractivity contribution in [3.63, 3.8) is 0 Å². The second kappa shape index (κ2) is 6.05. The third-order valence-electron chi connectivity index (χ3n) is 3.12. The summed E-state index contributed by atoms with van der Waals surface area (Å²) < 4.78 is 0. The topological polar surface area (TPSA) is 20.2 Å². The van der Waals surface area contributed by atoms with E-state index in [1.807, 2.05) is 0 Å². The third-order valence-corrected chi connectivity index (χ3v) is 3.12. The maximum atomic E-state index is 9.86. The first-order valence-electron chi connectivity index (χ1n) is 6.24. The Labute approximate surface area is 99.5 Å². The van der Waals surface area contributed by atoms with Gasteiger partial charge in [0, 0.05) is 0 Å². The van der Waals surface area contributed by atoms with Gasteiger partial charge in [-0.05, 0) is 55.7 Å². The van der Waals surface area contributed by atoms with Gasteiger partial charge in [0.2, 0.25) is 0 Å². The smallest absolute Gasteiger partial charge is 0.0545 e. The molecule has 0 saturated carbocycles. The van der Waals surface area contributed by atoms with E-state index in [9.17, 15) is 5.11 Å². The minimum absolute atomic E-state index is 0.154. The lowest BCUT2D eigenvalue weighted by atomic mass is 9.95. The van der Waals surface area contributed by atoms with Crippen molar-refractivity contribution < 1.29 is 5.11 Å². The third kappa shape index (κ3) is 3.97. The molecule has 0 saturated heterocycles. The van der Waals surface area contributed by atoms with Gasteiger partial charge in [-0.1, -0.05) is 32.0 Å². The molecule has 0 aliphatic carbocycles. The molecule has 1 nitrogen and oxygen atoms in total. The van der Waals surface area contributed by atoms with Gasteiger partial charge in [0.15, 0.2) is 0 Å². The van der Waals surface area contributed by atoms with Gasteiger partial charge < -0.3 is 5.11 Å². The van der Waals surface area contributed by atoms with E-state index in [0.29, 0.717) is 5.92 Å². The number of aryl methyl sites for hydroxylation is 2. The number of aliphatic hydroxyl groups is 1. The molecule has 0 radical (unpaired) electrons. The highest BCUT2D eigenvalue weighted by Gasteiger charge is 2.09. The van der Waals surface area contributed by atoms with Gasteiger partial charge in [-0.25, -0.2) is 0 Å². The van der Waals surface area contributed by atoms with Crippen molar-refractivity contribution in [1.82, 2.24) is 0 Å². The Balaban J connectivity index is 2.54. The molecular formula is C15H24O. The molecule has 0 amide bonds. The molecule has 16 heavy (non-hydrogen) atoms. The van der Waals surface area contributed by atoms with Gasteiger partial charge in [-0.15, -0.1) is 0 Å². The van der Waals surface area contributed by atoms with Crippen molar-refractivity contribution in [2.45, 2.75) is 53.1 Å². The first-order chi connectivity index (χ1) is 7.50. The monoisotopic (exact) mass is 220 g/mol. The van der Waals surface area contributed by atoms with Crippen LogP contribution in [0.4, 0.5) is 0 Å². The van der Waals surface area contributed by atoms with Crippen LogP contribution in [0.25, 0.3) is 0 Å². The fraction of sp³-hybridized carbons (Fsp3) is 0.600. The normalized spacial score (nSPS) is 13.1. The van der Waals surface area contributed by atoms with Crippen LogP contribution in [0.3, 0.4) is 0 Å². The Bertz CT molecular complexity index is 308. The summed E-state index contributed by atoms with van der Waals surface area (Å²) in [5.41, 5.74) is 4.10. The van der Waals surface area contributed by atoms with Crippen LogP contribution in [0, 0.1) is 19.8 Å². The molecule has 0 aliphatic rings. The van der Waals surface area contributed by atoms with Gasteiger partial charge >= 0.3 is 0 Å². The fourth-order valence-corrected chi connectivity index (χ4v) is 2.22. The van der Waals surface area contributed by atoms with Crippen molar-refractivity contribution in [2.75, 3.05) is 0 Å². The van der Waals surface area contributed by atoms with Crippen LogP contribution in [0.5, 0.6) is 0 Å². The van der Waals surface area contributed by atoms with Crippen LogP contribution in [0.15, 0.2) is 18.2 Å². The van der Waals surface area contributed by atoms with E-state index in [2.05, 4.69) is 45.9 Å². The molecule has 0 spiro atoms. The lowest BCUT2D eigenvalue weighted by Gasteiger charge is -2.15. The molecule has 1 N–H and O–H groups in total. The van der Waals surface area contributed by atoms with Crippen molar-refractivity contribution in [2.24, 2.45) is 5.92 Å². The zero-order chi connectivity index (χ0) is 12.1. The SMILES string of the molecule is Cc1cccc(C)c1CCC(O)CC(C)C. The van der Waals surface area contributed by atoms with E-state index >= 15 is 0 Å². The summed E-state index contributed by atoms with van der Waals surface area (Å²) in [6.45, 7) is 8.61. The largest absolute Gasteiger partial charge is 0.393 e. The molecule has 1 atom stereocenters. The Hall–Kier alpha value is -0.820. The number of benzene rings is 1. The van der Waals surface area contributed by atoms with Crippen molar-refractivity contribution >= 4 is 0 Å². The molecule has 1 aromatic rings. The van der Waals surface area contributed by atoms with Crippen LogP contribution < -0.4 is 0 Å². The molecule has 0 heterocycles. The number of hydrogen-bond acceptors (Lipinski definition) is 1. The molecule has 1 aromatic carbocycles. The highest BCUT2D eigenvalue weighted by atomic mass is 16.3. The molecule has 0 bridgehead atoms. The molecular weight excluding hydrogens is 196 g/mol. The Morgan fingerprint density at radius 2 is 1.69 bits per heavy atom. The second-order valence-corrected chi connectivity index (χ2v) is 5.19. The fourth-order valence-electron chi connectivity index (χ4n) is 2.22. The van der Waals surface area contributed by atoms with Crippen LogP contribution in [0.1, 0.15) is 43.4 Å². The van der Waals surface area contributed by atoms with Crippen LogP contribution in [0.2, 0.25) is 0 Å². The highest BCUT2D eigenvalue weighted by Crippen LogP contribution is 2.17. The maximum absolute atomic E-state index is 9.86. The number of rotatable bonds is 5. The molecule has 0 aromatic heterocycles. The molecule has 0 fully saturated rings. The predicted molar refractivity (Wildman–Crippen MR) is 69.7 cm³/mol. The summed E-state index contributed by atoms with van der Waals surface area (Å²) in [5.74, 6) is 0.577. The summed E-state index contributed by atoms with van der Waals surface area (Å²) in [7, 11) is 0. The zero-order valence-corrected chi connectivity index (χ0v) is 11.0. The number of hydrogen-bond donors (Lipinski definition) is 1. The minimum Gasteiger partial charge on any atom is -0.393 e. The van der Waals surface area contributed by atoms with E-state index in [-0.39, 0.29) is 6.10 Å². The average molecular weight is 220 g/mol. The average Bonchev–Trinajstić information content (AvgIpc) is 2.15. The maximum Gasteiger partial charge on any atom is 0.0545 e. The van der Waals surface area contributed by atoms with E-state index in [1.165, 1.54) is 16.7 Å². The van der Waals surface area contributed by atoms with Gasteiger partial charge in [-0.2, -0.15) is 0 Å². The van der Waals surface area contributed by atoms with Gasteiger partial charge in [0.1, 0.15) is 0 Å². The second-order valence-electron chi connectivity index (χ2n) is 5.19. The molecule has 1 unspecified atom stereocenters. The molecule has 1 rings (SSSR count). The zero-order valence-electron chi connectivity index (χ0n) is 11.0. The summed E-state index contributed by atoms with van der Waals surface area (Å²) in [6, 6.07) is 6.40. The van der Waals surface area contributed by atoms with E-state index in [1.54, 1.807) is 0 Å². The van der Waals surface area contributed by atoms with E-state index in [0.717, 1.165) is 19.3 Å². The minimum atomic E-state index is -0.154. The predicted octanol–water partition coefficient (Wildman–Crippen LogP) is 3.64.